The lowest BCUT2D eigenvalue weighted by Crippen LogP contribution is -2.55. The Hall–Kier alpha value is -0.530. The Morgan fingerprint density at radius 3 is 1.83 bits per heavy atom. The van der Waals surface area contributed by atoms with Crippen LogP contribution in [0.2, 0.25) is 0 Å². The molecule has 2 nitrogen and oxygen atoms in total. The Balaban J connectivity index is 1.42. The number of hydrogen-bond donors (Lipinski definition) is 0. The molecule has 6 saturated carbocycles. The maximum absolute atomic E-state index is 13.5. The number of carbonyl (C=O) groups excluding carboxylic acids is 1. The van der Waals surface area contributed by atoms with Gasteiger partial charge in [0.2, 0.25) is 0 Å². The van der Waals surface area contributed by atoms with Crippen LogP contribution in [0.5, 0.6) is 0 Å². The number of rotatable bonds is 2. The van der Waals surface area contributed by atoms with Crippen molar-refractivity contribution in [2.75, 3.05) is 0 Å². The highest BCUT2D eigenvalue weighted by molar-refractivity contribution is 5.78. The minimum atomic E-state index is -0.250. The predicted molar refractivity (Wildman–Crippen MR) is 94.3 cm³/mol. The van der Waals surface area contributed by atoms with Gasteiger partial charge in [0.1, 0.15) is 5.60 Å². The molecule has 0 amide bonds. The molecular formula is C22H34O2. The van der Waals surface area contributed by atoms with E-state index in [1.165, 1.54) is 32.1 Å². The van der Waals surface area contributed by atoms with Crippen molar-refractivity contribution in [2.45, 2.75) is 91.1 Å². The second-order valence-corrected chi connectivity index (χ2v) is 11.3. The summed E-state index contributed by atoms with van der Waals surface area (Å²) in [4.78, 5) is 13.5. The molecule has 0 heterocycles. The van der Waals surface area contributed by atoms with Crippen LogP contribution in [0.1, 0.15) is 85.5 Å². The second kappa shape index (κ2) is 4.41. The van der Waals surface area contributed by atoms with E-state index < -0.39 is 0 Å². The topological polar surface area (TPSA) is 26.3 Å². The van der Waals surface area contributed by atoms with E-state index >= 15 is 0 Å². The Labute approximate surface area is 147 Å². The molecule has 0 spiro atoms. The van der Waals surface area contributed by atoms with E-state index in [1.54, 1.807) is 0 Å². The van der Waals surface area contributed by atoms with Crippen LogP contribution in [0.4, 0.5) is 0 Å². The van der Waals surface area contributed by atoms with Crippen molar-refractivity contribution in [3.8, 4) is 0 Å². The fourth-order valence-corrected chi connectivity index (χ4v) is 8.42. The van der Waals surface area contributed by atoms with Crippen molar-refractivity contribution in [3.63, 3.8) is 0 Å². The number of ether oxygens (including phenoxy) is 1. The van der Waals surface area contributed by atoms with Crippen LogP contribution in [-0.2, 0) is 9.53 Å². The molecule has 3 atom stereocenters. The molecule has 6 fully saturated rings. The summed E-state index contributed by atoms with van der Waals surface area (Å²) < 4.78 is 6.52. The highest BCUT2D eigenvalue weighted by atomic mass is 16.6. The summed E-state index contributed by atoms with van der Waals surface area (Å²) in [5.74, 6) is 3.33. The van der Waals surface area contributed by atoms with E-state index in [-0.39, 0.29) is 22.4 Å². The van der Waals surface area contributed by atoms with Crippen LogP contribution in [0.15, 0.2) is 0 Å². The van der Waals surface area contributed by atoms with Crippen LogP contribution in [0.3, 0.4) is 0 Å². The molecular weight excluding hydrogens is 296 g/mol. The van der Waals surface area contributed by atoms with Crippen molar-refractivity contribution in [2.24, 2.45) is 39.9 Å². The first-order valence-corrected chi connectivity index (χ1v) is 10.4. The lowest BCUT2D eigenvalue weighted by molar-refractivity contribution is -0.200. The van der Waals surface area contributed by atoms with Gasteiger partial charge in [-0.1, -0.05) is 20.8 Å². The molecule has 6 bridgehead atoms. The summed E-state index contributed by atoms with van der Waals surface area (Å²) in [6, 6.07) is 0. The first-order valence-electron chi connectivity index (χ1n) is 10.4. The van der Waals surface area contributed by atoms with E-state index in [0.717, 1.165) is 49.4 Å². The lowest BCUT2D eigenvalue weighted by atomic mass is 9.49. The first kappa shape index (κ1) is 15.7. The normalized spacial score (nSPS) is 56.7. The van der Waals surface area contributed by atoms with Crippen molar-refractivity contribution < 1.29 is 9.53 Å². The molecule has 0 aromatic carbocycles. The molecule has 0 aliphatic heterocycles. The summed E-state index contributed by atoms with van der Waals surface area (Å²) in [7, 11) is 0. The Morgan fingerprint density at radius 2 is 1.42 bits per heavy atom. The minimum absolute atomic E-state index is 0.111. The van der Waals surface area contributed by atoms with Crippen LogP contribution in [0.25, 0.3) is 0 Å². The summed E-state index contributed by atoms with van der Waals surface area (Å²) in [6.07, 6.45) is 11.1. The molecule has 6 aliphatic carbocycles. The summed E-state index contributed by atoms with van der Waals surface area (Å²) in [6.45, 7) is 9.47. The van der Waals surface area contributed by atoms with E-state index in [2.05, 4.69) is 27.7 Å². The third-order valence-electron chi connectivity index (χ3n) is 10.0. The summed E-state index contributed by atoms with van der Waals surface area (Å²) in [5.41, 5.74) is 0.0754. The maximum Gasteiger partial charge on any atom is 0.312 e. The average molecular weight is 331 g/mol. The second-order valence-electron chi connectivity index (χ2n) is 11.3. The molecule has 0 unspecified atom stereocenters. The van der Waals surface area contributed by atoms with Crippen LogP contribution in [-0.4, -0.2) is 11.6 Å². The van der Waals surface area contributed by atoms with Crippen LogP contribution in [0, 0.1) is 39.9 Å². The van der Waals surface area contributed by atoms with Gasteiger partial charge in [-0.2, -0.15) is 0 Å². The highest BCUT2D eigenvalue weighted by Crippen LogP contribution is 2.71. The molecule has 0 N–H and O–H groups in total. The third-order valence-corrected chi connectivity index (χ3v) is 10.0. The lowest BCUT2D eigenvalue weighted by Gasteiger charge is -2.56. The van der Waals surface area contributed by atoms with Gasteiger partial charge in [0, 0.05) is 5.41 Å². The molecule has 134 valence electrons. The van der Waals surface area contributed by atoms with Gasteiger partial charge < -0.3 is 4.74 Å². The van der Waals surface area contributed by atoms with Crippen LogP contribution < -0.4 is 0 Å². The van der Waals surface area contributed by atoms with Gasteiger partial charge in [-0.25, -0.2) is 0 Å². The van der Waals surface area contributed by atoms with E-state index in [4.69, 9.17) is 4.74 Å². The molecule has 2 heteroatoms. The fraction of sp³-hybridized carbons (Fsp3) is 0.955. The Bertz CT molecular complexity index is 555. The fourth-order valence-electron chi connectivity index (χ4n) is 8.42. The zero-order valence-electron chi connectivity index (χ0n) is 16.0. The van der Waals surface area contributed by atoms with Gasteiger partial charge in [0.15, 0.2) is 0 Å². The maximum atomic E-state index is 13.5. The third kappa shape index (κ3) is 1.71. The quantitative estimate of drug-likeness (QED) is 0.638. The Kier molecular flexibility index (Phi) is 2.88. The predicted octanol–water partition coefficient (Wildman–Crippen LogP) is 5.35. The van der Waals surface area contributed by atoms with Gasteiger partial charge >= 0.3 is 5.97 Å². The molecule has 6 rings (SSSR count). The zero-order chi connectivity index (χ0) is 17.0. The van der Waals surface area contributed by atoms with Crippen molar-refractivity contribution in [1.29, 1.82) is 0 Å². The van der Waals surface area contributed by atoms with Gasteiger partial charge in [-0.05, 0) is 93.8 Å². The molecule has 6 aliphatic rings. The van der Waals surface area contributed by atoms with E-state index in [0.29, 0.717) is 5.41 Å². The summed E-state index contributed by atoms with van der Waals surface area (Å²) >= 11 is 0. The zero-order valence-corrected chi connectivity index (χ0v) is 16.0. The van der Waals surface area contributed by atoms with Crippen molar-refractivity contribution >= 4 is 5.97 Å². The van der Waals surface area contributed by atoms with Gasteiger partial charge in [-0.3, -0.25) is 4.79 Å². The summed E-state index contributed by atoms with van der Waals surface area (Å²) in [5, 5.41) is 0. The van der Waals surface area contributed by atoms with Gasteiger partial charge in [0.05, 0.1) is 5.41 Å². The minimum Gasteiger partial charge on any atom is -0.458 e. The number of fused-ring (bicyclic) bond motifs is 2. The van der Waals surface area contributed by atoms with Crippen LogP contribution >= 0.6 is 0 Å². The standard InChI is InChI=1S/C22H34O2/c1-19(2)17-5-6-20(19,3)21(4,13-17)24-18(23)22-10-14-7-15(11-22)9-16(8-14)12-22/h14-17H,5-13H2,1-4H3/t14?,15?,16?,17-,20-,21-,22?/m1/s1. The molecule has 0 aromatic heterocycles. The largest absolute Gasteiger partial charge is 0.458 e. The average Bonchev–Trinajstić information content (AvgIpc) is 2.77. The highest BCUT2D eigenvalue weighted by Gasteiger charge is 2.69. The SMILES string of the molecule is CC1(C)[C@@H]2CC[C@@]1(C)[C@](C)(OC(=O)C13CC4CC(CC(C4)C1)C3)C2. The van der Waals surface area contributed by atoms with Gasteiger partial charge in [0.25, 0.3) is 0 Å². The van der Waals surface area contributed by atoms with E-state index in [9.17, 15) is 4.79 Å². The smallest absolute Gasteiger partial charge is 0.312 e. The number of hydrogen-bond acceptors (Lipinski definition) is 2. The Morgan fingerprint density at radius 1 is 0.875 bits per heavy atom. The number of carbonyl (C=O) groups is 1. The first-order chi connectivity index (χ1) is 11.2. The monoisotopic (exact) mass is 330 g/mol. The van der Waals surface area contributed by atoms with Crippen molar-refractivity contribution in [1.82, 2.24) is 0 Å². The van der Waals surface area contributed by atoms with Gasteiger partial charge in [-0.15, -0.1) is 0 Å². The molecule has 0 saturated heterocycles. The van der Waals surface area contributed by atoms with E-state index in [1.807, 2.05) is 0 Å². The molecule has 0 aromatic rings. The van der Waals surface area contributed by atoms with Crippen molar-refractivity contribution in [3.05, 3.63) is 0 Å². The molecule has 24 heavy (non-hydrogen) atoms. The number of esters is 1. The molecule has 0 radical (unpaired) electrons.